The Morgan fingerprint density at radius 2 is 2.05 bits per heavy atom. The molecule has 0 unspecified atom stereocenters. The fraction of sp³-hybridized carbons (Fsp3) is 0.400. The predicted octanol–water partition coefficient (Wildman–Crippen LogP) is 1.99. The van der Waals surface area contributed by atoms with E-state index in [1.807, 2.05) is 38.1 Å². The molecule has 0 atom stereocenters. The van der Waals surface area contributed by atoms with E-state index in [-0.39, 0.29) is 11.4 Å². The van der Waals surface area contributed by atoms with Gasteiger partial charge < -0.3 is 15.8 Å². The molecule has 1 amide bonds. The summed E-state index contributed by atoms with van der Waals surface area (Å²) in [6.45, 7) is 8.70. The van der Waals surface area contributed by atoms with E-state index in [1.54, 1.807) is 6.08 Å². The molecule has 1 aromatic carbocycles. The van der Waals surface area contributed by atoms with Crippen LogP contribution in [0.3, 0.4) is 0 Å². The Balaban J connectivity index is 2.49. The van der Waals surface area contributed by atoms with Gasteiger partial charge in [0.15, 0.2) is 0 Å². The van der Waals surface area contributed by atoms with Gasteiger partial charge in [-0.15, -0.1) is 0 Å². The lowest BCUT2D eigenvalue weighted by atomic mass is 10.00. The third kappa shape index (κ3) is 6.06. The second-order valence-corrected chi connectivity index (χ2v) is 5.12. The zero-order valence-electron chi connectivity index (χ0n) is 11.6. The van der Waals surface area contributed by atoms with Crippen molar-refractivity contribution in [2.24, 2.45) is 5.73 Å². The Morgan fingerprint density at radius 1 is 1.42 bits per heavy atom. The molecule has 104 valence electrons. The van der Waals surface area contributed by atoms with Gasteiger partial charge in [0.05, 0.1) is 0 Å². The summed E-state index contributed by atoms with van der Waals surface area (Å²) in [7, 11) is 0. The van der Waals surface area contributed by atoms with Crippen molar-refractivity contribution in [3.63, 3.8) is 0 Å². The molecule has 0 heterocycles. The molecule has 0 aliphatic heterocycles. The molecule has 0 spiro atoms. The molecule has 19 heavy (non-hydrogen) atoms. The van der Waals surface area contributed by atoms with Crippen molar-refractivity contribution < 1.29 is 9.53 Å². The number of carbonyl (C=O) groups is 1. The summed E-state index contributed by atoms with van der Waals surface area (Å²) in [5, 5.41) is 3.31. The summed E-state index contributed by atoms with van der Waals surface area (Å²) < 4.78 is 5.41. The average molecular weight is 262 g/mol. The van der Waals surface area contributed by atoms with Gasteiger partial charge in [-0.1, -0.05) is 24.8 Å². The van der Waals surface area contributed by atoms with E-state index in [4.69, 9.17) is 10.5 Å². The monoisotopic (exact) mass is 262 g/mol. The lowest BCUT2D eigenvalue weighted by Crippen LogP contribution is -2.42. The Bertz CT molecular complexity index is 424. The number of nitrogens with two attached hydrogens (primary N) is 1. The molecule has 1 rings (SSSR count). The van der Waals surface area contributed by atoms with E-state index < -0.39 is 0 Å². The molecule has 0 saturated heterocycles. The van der Waals surface area contributed by atoms with Crippen LogP contribution in [-0.4, -0.2) is 18.1 Å². The van der Waals surface area contributed by atoms with Gasteiger partial charge in [-0.05, 0) is 31.5 Å². The van der Waals surface area contributed by atoms with Crippen molar-refractivity contribution in [1.82, 2.24) is 5.32 Å². The minimum atomic E-state index is -0.302. The van der Waals surface area contributed by atoms with Gasteiger partial charge in [-0.3, -0.25) is 4.79 Å². The van der Waals surface area contributed by atoms with Crippen molar-refractivity contribution >= 4 is 5.91 Å². The number of amides is 1. The van der Waals surface area contributed by atoms with E-state index in [1.165, 1.54) is 0 Å². The SMILES string of the molecule is C=CCOc1ccc(CNC(C)(C)CC(N)=O)cc1. The molecule has 0 saturated carbocycles. The Kier molecular flexibility index (Phi) is 5.57. The normalized spacial score (nSPS) is 11.1. The predicted molar refractivity (Wildman–Crippen MR) is 76.9 cm³/mol. The molecule has 0 radical (unpaired) electrons. The third-order valence-corrected chi connectivity index (χ3v) is 2.68. The van der Waals surface area contributed by atoms with Gasteiger partial charge in [0, 0.05) is 18.5 Å². The minimum Gasteiger partial charge on any atom is -0.490 e. The summed E-state index contributed by atoms with van der Waals surface area (Å²) in [6.07, 6.45) is 2.02. The maximum absolute atomic E-state index is 10.9. The third-order valence-electron chi connectivity index (χ3n) is 2.68. The Morgan fingerprint density at radius 3 is 2.58 bits per heavy atom. The topological polar surface area (TPSA) is 64.3 Å². The molecule has 1 aromatic rings. The van der Waals surface area contributed by atoms with Crippen LogP contribution in [-0.2, 0) is 11.3 Å². The smallest absolute Gasteiger partial charge is 0.219 e. The van der Waals surface area contributed by atoms with E-state index in [0.29, 0.717) is 19.6 Å². The van der Waals surface area contributed by atoms with Gasteiger partial charge in [0.2, 0.25) is 5.91 Å². The van der Waals surface area contributed by atoms with E-state index in [0.717, 1.165) is 11.3 Å². The Hall–Kier alpha value is -1.81. The van der Waals surface area contributed by atoms with Crippen LogP contribution in [0.15, 0.2) is 36.9 Å². The average Bonchev–Trinajstić information content (AvgIpc) is 2.34. The highest BCUT2D eigenvalue weighted by Crippen LogP contribution is 2.14. The second kappa shape index (κ2) is 6.95. The largest absolute Gasteiger partial charge is 0.490 e. The number of rotatable bonds is 8. The zero-order valence-corrected chi connectivity index (χ0v) is 11.6. The first-order valence-electron chi connectivity index (χ1n) is 6.29. The quantitative estimate of drug-likeness (QED) is 0.704. The molecular formula is C15H22N2O2. The summed E-state index contributed by atoms with van der Waals surface area (Å²) in [4.78, 5) is 10.9. The minimum absolute atomic E-state index is 0.300. The molecule has 0 aliphatic rings. The van der Waals surface area contributed by atoms with Crippen LogP contribution in [0.4, 0.5) is 0 Å². The van der Waals surface area contributed by atoms with Crippen molar-refractivity contribution in [3.8, 4) is 5.75 Å². The lowest BCUT2D eigenvalue weighted by Gasteiger charge is -2.24. The van der Waals surface area contributed by atoms with Gasteiger partial charge in [-0.2, -0.15) is 0 Å². The molecule has 0 aromatic heterocycles. The van der Waals surface area contributed by atoms with Crippen LogP contribution in [0.25, 0.3) is 0 Å². The molecule has 0 bridgehead atoms. The number of carbonyl (C=O) groups excluding carboxylic acids is 1. The molecule has 0 fully saturated rings. The maximum atomic E-state index is 10.9. The molecule has 4 heteroatoms. The van der Waals surface area contributed by atoms with Crippen molar-refractivity contribution in [1.29, 1.82) is 0 Å². The van der Waals surface area contributed by atoms with Crippen LogP contribution < -0.4 is 15.8 Å². The fourth-order valence-electron chi connectivity index (χ4n) is 1.70. The lowest BCUT2D eigenvalue weighted by molar-refractivity contribution is -0.119. The number of nitrogens with one attached hydrogen (secondary N) is 1. The van der Waals surface area contributed by atoms with E-state index in [9.17, 15) is 4.79 Å². The molecular weight excluding hydrogens is 240 g/mol. The number of hydrogen-bond acceptors (Lipinski definition) is 3. The number of primary amides is 1. The van der Waals surface area contributed by atoms with Crippen LogP contribution in [0, 0.1) is 0 Å². The fourth-order valence-corrected chi connectivity index (χ4v) is 1.70. The highest BCUT2D eigenvalue weighted by atomic mass is 16.5. The highest BCUT2D eigenvalue weighted by Gasteiger charge is 2.19. The maximum Gasteiger partial charge on any atom is 0.219 e. The highest BCUT2D eigenvalue weighted by molar-refractivity contribution is 5.74. The molecule has 0 aliphatic carbocycles. The molecule has 3 N–H and O–H groups in total. The molecule has 4 nitrogen and oxygen atoms in total. The standard InChI is InChI=1S/C15H22N2O2/c1-4-9-19-13-7-5-12(6-8-13)11-17-15(2,3)10-14(16)18/h4-8,17H,1,9-11H2,2-3H3,(H2,16,18). The second-order valence-electron chi connectivity index (χ2n) is 5.12. The van der Waals surface area contributed by atoms with Crippen molar-refractivity contribution in [2.45, 2.75) is 32.4 Å². The number of benzene rings is 1. The van der Waals surface area contributed by atoms with Gasteiger partial charge in [0.1, 0.15) is 12.4 Å². The summed E-state index contributed by atoms with van der Waals surface area (Å²) >= 11 is 0. The van der Waals surface area contributed by atoms with E-state index >= 15 is 0 Å². The van der Waals surface area contributed by atoms with Crippen LogP contribution in [0.1, 0.15) is 25.8 Å². The van der Waals surface area contributed by atoms with Gasteiger partial charge in [-0.25, -0.2) is 0 Å². The summed E-state index contributed by atoms with van der Waals surface area (Å²) in [6, 6.07) is 7.82. The van der Waals surface area contributed by atoms with Crippen LogP contribution in [0.2, 0.25) is 0 Å². The van der Waals surface area contributed by atoms with E-state index in [2.05, 4.69) is 11.9 Å². The number of hydrogen-bond donors (Lipinski definition) is 2. The first-order valence-corrected chi connectivity index (χ1v) is 6.29. The first kappa shape index (κ1) is 15.2. The first-order chi connectivity index (χ1) is 8.93. The van der Waals surface area contributed by atoms with Crippen LogP contribution >= 0.6 is 0 Å². The van der Waals surface area contributed by atoms with Gasteiger partial charge in [0.25, 0.3) is 0 Å². The van der Waals surface area contributed by atoms with Gasteiger partial charge >= 0.3 is 0 Å². The van der Waals surface area contributed by atoms with Crippen molar-refractivity contribution in [2.75, 3.05) is 6.61 Å². The summed E-state index contributed by atoms with van der Waals surface area (Å²) in [5.41, 5.74) is 6.04. The van der Waals surface area contributed by atoms with Crippen molar-refractivity contribution in [3.05, 3.63) is 42.5 Å². The summed E-state index contributed by atoms with van der Waals surface area (Å²) in [5.74, 6) is 0.519. The van der Waals surface area contributed by atoms with Crippen LogP contribution in [0.5, 0.6) is 5.75 Å². The zero-order chi connectivity index (χ0) is 14.3. The Labute approximate surface area is 114 Å². The number of ether oxygens (including phenoxy) is 1.